The zero-order valence-corrected chi connectivity index (χ0v) is 16.2. The van der Waals surface area contributed by atoms with E-state index in [1.165, 1.54) is 12.1 Å². The number of rotatable bonds is 4. The second-order valence-corrected chi connectivity index (χ2v) is 9.34. The molecule has 4 rings (SSSR count). The first-order valence-corrected chi connectivity index (χ1v) is 10.7. The van der Waals surface area contributed by atoms with Crippen molar-refractivity contribution in [2.75, 3.05) is 0 Å². The summed E-state index contributed by atoms with van der Waals surface area (Å²) >= 11 is 12.2. The van der Waals surface area contributed by atoms with Crippen LogP contribution in [0.5, 0.6) is 5.75 Å². The third-order valence-corrected chi connectivity index (χ3v) is 7.75. The molecule has 2 unspecified atom stereocenters. The van der Waals surface area contributed by atoms with Gasteiger partial charge in [-0.05, 0) is 43.2 Å². The summed E-state index contributed by atoms with van der Waals surface area (Å²) in [6, 6.07) is 8.01. The topological polar surface area (TPSA) is 59.5 Å². The SMILES string of the molecule is O=S(=O)(c1cc(Cl)ccc1Cl)N1C2CCC1CC(Oc1ccncc1)C2. The van der Waals surface area contributed by atoms with Gasteiger partial charge >= 0.3 is 0 Å². The Kier molecular flexibility index (Phi) is 4.86. The number of hydrogen-bond donors (Lipinski definition) is 0. The van der Waals surface area contributed by atoms with Crippen molar-refractivity contribution in [1.82, 2.24) is 9.29 Å². The number of fused-ring (bicyclic) bond motifs is 2. The Morgan fingerprint density at radius 1 is 1.04 bits per heavy atom. The van der Waals surface area contributed by atoms with E-state index in [1.807, 2.05) is 12.1 Å². The van der Waals surface area contributed by atoms with Crippen LogP contribution in [-0.4, -0.2) is 35.9 Å². The lowest BCUT2D eigenvalue weighted by Crippen LogP contribution is -2.49. The highest BCUT2D eigenvalue weighted by Crippen LogP contribution is 2.42. The molecular weight excluding hydrogens is 395 g/mol. The maximum atomic E-state index is 13.2. The van der Waals surface area contributed by atoms with Crippen LogP contribution in [0.2, 0.25) is 10.0 Å². The van der Waals surface area contributed by atoms with E-state index in [9.17, 15) is 8.42 Å². The Labute approximate surface area is 162 Å². The number of aromatic nitrogens is 1. The fourth-order valence-corrected chi connectivity index (χ4v) is 6.60. The molecule has 2 saturated heterocycles. The predicted molar refractivity (Wildman–Crippen MR) is 100 cm³/mol. The maximum Gasteiger partial charge on any atom is 0.245 e. The van der Waals surface area contributed by atoms with E-state index >= 15 is 0 Å². The molecule has 0 aliphatic carbocycles. The van der Waals surface area contributed by atoms with Gasteiger partial charge in [0, 0.05) is 42.3 Å². The third-order valence-electron chi connectivity index (χ3n) is 5.02. The summed E-state index contributed by atoms with van der Waals surface area (Å²) < 4.78 is 34.1. The van der Waals surface area contributed by atoms with Gasteiger partial charge in [-0.2, -0.15) is 4.31 Å². The molecule has 26 heavy (non-hydrogen) atoms. The molecule has 0 radical (unpaired) electrons. The lowest BCUT2D eigenvalue weighted by Gasteiger charge is -2.38. The lowest BCUT2D eigenvalue weighted by molar-refractivity contribution is 0.0956. The van der Waals surface area contributed by atoms with Crippen molar-refractivity contribution in [3.63, 3.8) is 0 Å². The minimum atomic E-state index is -3.70. The Hall–Kier alpha value is -1.34. The summed E-state index contributed by atoms with van der Waals surface area (Å²) in [4.78, 5) is 4.06. The van der Waals surface area contributed by atoms with Crippen LogP contribution < -0.4 is 4.74 Å². The fraction of sp³-hybridized carbons (Fsp3) is 0.389. The van der Waals surface area contributed by atoms with Crippen LogP contribution in [-0.2, 0) is 10.0 Å². The molecule has 2 atom stereocenters. The summed E-state index contributed by atoms with van der Waals surface area (Å²) in [5.41, 5.74) is 0. The first-order chi connectivity index (χ1) is 12.4. The second-order valence-electron chi connectivity index (χ2n) is 6.69. The number of sulfonamides is 1. The van der Waals surface area contributed by atoms with Crippen molar-refractivity contribution in [1.29, 1.82) is 0 Å². The molecule has 3 heterocycles. The molecule has 0 N–H and O–H groups in total. The molecule has 8 heteroatoms. The van der Waals surface area contributed by atoms with Crippen molar-refractivity contribution in [3.05, 3.63) is 52.8 Å². The van der Waals surface area contributed by atoms with Crippen molar-refractivity contribution in [3.8, 4) is 5.75 Å². The van der Waals surface area contributed by atoms with Gasteiger partial charge in [-0.15, -0.1) is 0 Å². The van der Waals surface area contributed by atoms with E-state index in [4.69, 9.17) is 27.9 Å². The number of piperidine rings is 1. The second kappa shape index (κ2) is 7.00. The number of halogens is 2. The van der Waals surface area contributed by atoms with Gasteiger partial charge < -0.3 is 4.74 Å². The van der Waals surface area contributed by atoms with Crippen molar-refractivity contribution in [2.24, 2.45) is 0 Å². The average molecular weight is 413 g/mol. The van der Waals surface area contributed by atoms with Gasteiger partial charge in [0.1, 0.15) is 16.7 Å². The van der Waals surface area contributed by atoms with E-state index in [0.717, 1.165) is 18.6 Å². The van der Waals surface area contributed by atoms with Crippen molar-refractivity contribution >= 4 is 33.2 Å². The zero-order chi connectivity index (χ0) is 18.3. The Morgan fingerprint density at radius 2 is 1.69 bits per heavy atom. The molecule has 2 aromatic rings. The fourth-order valence-electron chi connectivity index (χ4n) is 3.97. The van der Waals surface area contributed by atoms with Crippen LogP contribution in [0.1, 0.15) is 25.7 Å². The van der Waals surface area contributed by atoms with E-state index in [1.54, 1.807) is 22.8 Å². The predicted octanol–water partition coefficient (Wildman–Crippen LogP) is 4.15. The number of benzene rings is 1. The summed E-state index contributed by atoms with van der Waals surface area (Å²) in [7, 11) is -3.70. The molecule has 2 aliphatic rings. The highest BCUT2D eigenvalue weighted by atomic mass is 35.5. The van der Waals surface area contributed by atoms with Gasteiger partial charge in [-0.25, -0.2) is 8.42 Å². The highest BCUT2D eigenvalue weighted by molar-refractivity contribution is 7.89. The molecular formula is C18H18Cl2N2O3S. The summed E-state index contributed by atoms with van der Waals surface area (Å²) in [6.07, 6.45) is 6.36. The molecule has 1 aromatic carbocycles. The molecule has 1 aromatic heterocycles. The molecule has 2 bridgehead atoms. The Morgan fingerprint density at radius 3 is 2.35 bits per heavy atom. The zero-order valence-electron chi connectivity index (χ0n) is 13.9. The van der Waals surface area contributed by atoms with Crippen LogP contribution in [0.15, 0.2) is 47.6 Å². The van der Waals surface area contributed by atoms with Gasteiger partial charge in [0.05, 0.1) is 5.02 Å². The van der Waals surface area contributed by atoms with Crippen LogP contribution in [0.25, 0.3) is 0 Å². The number of nitrogens with zero attached hydrogens (tertiary/aromatic N) is 2. The first kappa shape index (κ1) is 18.0. The molecule has 0 amide bonds. The lowest BCUT2D eigenvalue weighted by atomic mass is 10.0. The molecule has 138 valence electrons. The van der Waals surface area contributed by atoms with Gasteiger partial charge in [0.15, 0.2) is 0 Å². The van der Waals surface area contributed by atoms with E-state index in [-0.39, 0.29) is 28.1 Å². The molecule has 0 spiro atoms. The third kappa shape index (κ3) is 3.31. The van der Waals surface area contributed by atoms with E-state index in [2.05, 4.69) is 4.98 Å². The van der Waals surface area contributed by atoms with Gasteiger partial charge in [-0.1, -0.05) is 23.2 Å². The minimum absolute atomic E-state index is 0.00353. The molecule has 0 saturated carbocycles. The average Bonchev–Trinajstić information content (AvgIpc) is 2.90. The van der Waals surface area contributed by atoms with Gasteiger partial charge in [0.2, 0.25) is 10.0 Å². The summed E-state index contributed by atoms with van der Waals surface area (Å²) in [5.74, 6) is 0.763. The minimum Gasteiger partial charge on any atom is -0.490 e. The molecule has 2 aliphatic heterocycles. The number of pyridine rings is 1. The summed E-state index contributed by atoms with van der Waals surface area (Å²) in [5, 5.41) is 0.556. The van der Waals surface area contributed by atoms with Crippen molar-refractivity contribution < 1.29 is 13.2 Å². The normalized spacial score (nSPS) is 26.0. The van der Waals surface area contributed by atoms with Crippen LogP contribution >= 0.6 is 23.2 Å². The standard InChI is InChI=1S/C18H18Cl2N2O3S/c19-12-1-4-17(20)18(9-12)26(23,24)22-13-2-3-14(22)11-16(10-13)25-15-5-7-21-8-6-15/h1,4-9,13-14,16H,2-3,10-11H2. The first-order valence-electron chi connectivity index (χ1n) is 8.50. The quantitative estimate of drug-likeness (QED) is 0.756. The monoisotopic (exact) mass is 412 g/mol. The van der Waals surface area contributed by atoms with Crippen LogP contribution in [0.4, 0.5) is 0 Å². The Balaban J connectivity index is 1.57. The van der Waals surface area contributed by atoms with Crippen molar-refractivity contribution in [2.45, 2.75) is 48.8 Å². The molecule has 5 nitrogen and oxygen atoms in total. The largest absolute Gasteiger partial charge is 0.490 e. The maximum absolute atomic E-state index is 13.2. The van der Waals surface area contributed by atoms with Gasteiger partial charge in [0.25, 0.3) is 0 Å². The van der Waals surface area contributed by atoms with Crippen LogP contribution in [0, 0.1) is 0 Å². The van der Waals surface area contributed by atoms with E-state index in [0.29, 0.717) is 17.9 Å². The van der Waals surface area contributed by atoms with E-state index < -0.39 is 10.0 Å². The summed E-state index contributed by atoms with van der Waals surface area (Å²) in [6.45, 7) is 0. The number of ether oxygens (including phenoxy) is 1. The van der Waals surface area contributed by atoms with Crippen LogP contribution in [0.3, 0.4) is 0 Å². The molecule has 2 fully saturated rings. The Bertz CT molecular complexity index is 894. The number of hydrogen-bond acceptors (Lipinski definition) is 4. The van der Waals surface area contributed by atoms with Gasteiger partial charge in [-0.3, -0.25) is 4.98 Å². The highest BCUT2D eigenvalue weighted by Gasteiger charge is 2.48. The smallest absolute Gasteiger partial charge is 0.245 e.